The van der Waals surface area contributed by atoms with E-state index in [0.717, 1.165) is 33.6 Å². The summed E-state index contributed by atoms with van der Waals surface area (Å²) in [7, 11) is 0. The second-order valence-electron chi connectivity index (χ2n) is 10.5. The quantitative estimate of drug-likeness (QED) is 0.0762. The van der Waals surface area contributed by atoms with E-state index in [2.05, 4.69) is 41.7 Å². The molecule has 0 aliphatic heterocycles. The van der Waals surface area contributed by atoms with Crippen molar-refractivity contribution < 1.29 is 36.3 Å². The molecule has 6 aromatic rings. The Labute approximate surface area is 312 Å². The first kappa shape index (κ1) is 37.9. The van der Waals surface area contributed by atoms with Crippen molar-refractivity contribution in [3.63, 3.8) is 0 Å². The van der Waals surface area contributed by atoms with Crippen molar-refractivity contribution in [3.05, 3.63) is 130 Å². The number of thiazole rings is 2. The molecule has 0 saturated carbocycles. The Bertz CT molecular complexity index is 1970. The Balaban J connectivity index is 0.000000224. The molecule has 4 N–H and O–H groups in total. The van der Waals surface area contributed by atoms with Gasteiger partial charge in [-0.3, -0.25) is 10.6 Å². The Morgan fingerprint density at radius 2 is 1.02 bits per heavy atom. The number of nitrogens with zero attached hydrogens (tertiary/aromatic N) is 4. The SMILES string of the molecule is Cc1ccc([O-])c(/C=N/NC(=O)Nc2nc(-c3ccccc3)cs2)c1.Cc1ccc([O-])c(/C=N/NC(=O)Nc2nc(-c3ccccc3)cs2)c1.[Ni+2]. The molecule has 2 heterocycles. The van der Waals surface area contributed by atoms with Gasteiger partial charge in [0.15, 0.2) is 10.3 Å². The van der Waals surface area contributed by atoms with Crippen molar-refractivity contribution in [2.75, 3.05) is 10.6 Å². The van der Waals surface area contributed by atoms with Crippen molar-refractivity contribution in [1.29, 1.82) is 0 Å². The van der Waals surface area contributed by atoms with Crippen LogP contribution in [-0.2, 0) is 16.5 Å². The Kier molecular flexibility index (Phi) is 13.9. The molecule has 0 radical (unpaired) electrons. The molecule has 0 bridgehead atoms. The van der Waals surface area contributed by atoms with E-state index in [1.54, 1.807) is 24.3 Å². The normalized spacial score (nSPS) is 10.5. The van der Waals surface area contributed by atoms with Gasteiger partial charge >= 0.3 is 28.6 Å². The number of hydrogen-bond donors (Lipinski definition) is 4. The number of amides is 4. The molecule has 0 atom stereocenters. The molecule has 0 fully saturated rings. The third-order valence-electron chi connectivity index (χ3n) is 6.66. The molecule has 0 saturated heterocycles. The van der Waals surface area contributed by atoms with Crippen LogP contribution >= 0.6 is 22.7 Å². The van der Waals surface area contributed by atoms with Gasteiger partial charge in [-0.2, -0.15) is 10.2 Å². The van der Waals surface area contributed by atoms with E-state index >= 15 is 0 Å². The monoisotopic (exact) mass is 760 g/mol. The van der Waals surface area contributed by atoms with Gasteiger partial charge in [0, 0.05) is 21.9 Å². The zero-order valence-electron chi connectivity index (χ0n) is 27.1. The van der Waals surface area contributed by atoms with Crippen LogP contribution in [0.4, 0.5) is 19.9 Å². The minimum atomic E-state index is -0.523. The summed E-state index contributed by atoms with van der Waals surface area (Å²) in [6.45, 7) is 3.76. The van der Waals surface area contributed by atoms with Gasteiger partial charge < -0.3 is 10.2 Å². The Hall–Kier alpha value is -5.89. The van der Waals surface area contributed by atoms with Crippen LogP contribution in [0.15, 0.2) is 118 Å². The number of aryl methyl sites for hydroxylation is 2. The second kappa shape index (κ2) is 18.8. The first-order valence-electron chi connectivity index (χ1n) is 15.0. The maximum absolute atomic E-state index is 11.9. The molecular weight excluding hydrogens is 731 g/mol. The predicted octanol–water partition coefficient (Wildman–Crippen LogP) is 6.69. The number of urea groups is 2. The molecule has 51 heavy (non-hydrogen) atoms. The molecule has 260 valence electrons. The van der Waals surface area contributed by atoms with Crippen LogP contribution in [0.2, 0.25) is 0 Å². The molecule has 4 aromatic carbocycles. The van der Waals surface area contributed by atoms with Gasteiger partial charge in [-0.25, -0.2) is 30.4 Å². The molecule has 12 nitrogen and oxygen atoms in total. The summed E-state index contributed by atoms with van der Waals surface area (Å²) in [5.74, 6) is -0.298. The molecule has 4 amide bonds. The van der Waals surface area contributed by atoms with Crippen molar-refractivity contribution >= 4 is 57.4 Å². The number of anilines is 2. The number of hydrogen-bond acceptors (Lipinski definition) is 10. The van der Waals surface area contributed by atoms with Gasteiger partial charge in [0.1, 0.15) is 0 Å². The standard InChI is InChI=1S/2C18H16N4O2S.Ni/c2*1-12-7-8-16(23)14(9-12)10-19-22-17(24)21-18-20-15(11-25-18)13-5-3-2-4-6-13;/h2*2-11,23H,1H3,(H2,20,21,22,24);/q;;+2/p-2/b2*19-10+;. The molecule has 15 heteroatoms. The zero-order valence-corrected chi connectivity index (χ0v) is 29.7. The van der Waals surface area contributed by atoms with Gasteiger partial charge in [0.25, 0.3) is 0 Å². The number of hydrazone groups is 2. The van der Waals surface area contributed by atoms with E-state index in [-0.39, 0.29) is 28.0 Å². The third kappa shape index (κ3) is 11.6. The van der Waals surface area contributed by atoms with Gasteiger partial charge in [0.05, 0.1) is 23.8 Å². The number of aromatic nitrogens is 2. The maximum atomic E-state index is 11.9. The molecule has 0 unspecified atom stereocenters. The predicted molar refractivity (Wildman–Crippen MR) is 196 cm³/mol. The Morgan fingerprint density at radius 3 is 1.41 bits per heavy atom. The van der Waals surface area contributed by atoms with E-state index in [1.807, 2.05) is 85.3 Å². The van der Waals surface area contributed by atoms with E-state index in [1.165, 1.54) is 47.2 Å². The van der Waals surface area contributed by atoms with Crippen molar-refractivity contribution in [1.82, 2.24) is 20.8 Å². The van der Waals surface area contributed by atoms with Crippen molar-refractivity contribution in [2.45, 2.75) is 13.8 Å². The van der Waals surface area contributed by atoms with Crippen LogP contribution in [0.1, 0.15) is 22.3 Å². The summed E-state index contributed by atoms with van der Waals surface area (Å²) in [5, 5.41) is 40.8. The van der Waals surface area contributed by atoms with Crippen LogP contribution < -0.4 is 31.7 Å². The first-order chi connectivity index (χ1) is 24.2. The molecule has 2 aromatic heterocycles. The van der Waals surface area contributed by atoms with Gasteiger partial charge in [0.2, 0.25) is 0 Å². The first-order valence-corrected chi connectivity index (χ1v) is 16.8. The topological polar surface area (TPSA) is 179 Å². The van der Waals surface area contributed by atoms with Crippen LogP contribution in [0.3, 0.4) is 0 Å². The summed E-state index contributed by atoms with van der Waals surface area (Å²) in [5.41, 5.74) is 10.9. The molecule has 0 aliphatic carbocycles. The number of carbonyl (C=O) groups excluding carboxylic acids is 2. The average Bonchev–Trinajstić information content (AvgIpc) is 3.79. The number of carbonyl (C=O) groups is 2. The zero-order chi connectivity index (χ0) is 35.3. The maximum Gasteiger partial charge on any atom is 2.00 e. The summed E-state index contributed by atoms with van der Waals surface area (Å²) >= 11 is 2.64. The van der Waals surface area contributed by atoms with Crippen LogP contribution in [0.5, 0.6) is 11.5 Å². The molecule has 6 rings (SSSR count). The fourth-order valence-corrected chi connectivity index (χ4v) is 5.68. The fourth-order valence-electron chi connectivity index (χ4n) is 4.25. The van der Waals surface area contributed by atoms with E-state index in [0.29, 0.717) is 21.4 Å². The van der Waals surface area contributed by atoms with Gasteiger partial charge in [-0.05, 0) is 25.0 Å². The van der Waals surface area contributed by atoms with E-state index in [9.17, 15) is 19.8 Å². The van der Waals surface area contributed by atoms with E-state index in [4.69, 9.17) is 0 Å². The van der Waals surface area contributed by atoms with E-state index < -0.39 is 12.1 Å². The van der Waals surface area contributed by atoms with Crippen LogP contribution in [0, 0.1) is 13.8 Å². The number of rotatable bonds is 8. The summed E-state index contributed by atoms with van der Waals surface area (Å²) < 4.78 is 0. The molecule has 0 spiro atoms. The Morgan fingerprint density at radius 1 is 0.627 bits per heavy atom. The molecular formula is C36H30N8NiO4S2. The third-order valence-corrected chi connectivity index (χ3v) is 8.17. The fraction of sp³-hybridized carbons (Fsp3) is 0.0556. The number of nitrogens with one attached hydrogen (secondary N) is 4. The largest absolute Gasteiger partial charge is 2.00 e. The van der Waals surface area contributed by atoms with Gasteiger partial charge in [-0.15, -0.1) is 22.7 Å². The minimum absolute atomic E-state index is 0. The average molecular weight is 762 g/mol. The second-order valence-corrected chi connectivity index (χ2v) is 12.3. The number of benzene rings is 4. The minimum Gasteiger partial charge on any atom is -0.872 e. The summed E-state index contributed by atoms with van der Waals surface area (Å²) in [4.78, 5) is 32.4. The molecule has 0 aliphatic rings. The summed E-state index contributed by atoms with van der Waals surface area (Å²) in [6, 6.07) is 28.1. The van der Waals surface area contributed by atoms with Crippen molar-refractivity contribution in [3.8, 4) is 34.0 Å². The van der Waals surface area contributed by atoms with Crippen molar-refractivity contribution in [2.24, 2.45) is 10.2 Å². The van der Waals surface area contributed by atoms with Gasteiger partial charge in [-0.1, -0.05) is 120 Å². The van der Waals surface area contributed by atoms with Crippen LogP contribution in [0.25, 0.3) is 22.5 Å². The van der Waals surface area contributed by atoms with Crippen LogP contribution in [-0.4, -0.2) is 34.5 Å². The smallest absolute Gasteiger partial charge is 0.872 e. The summed E-state index contributed by atoms with van der Waals surface area (Å²) in [6.07, 6.45) is 2.65.